The Kier molecular flexibility index (Phi) is 5.01. The second-order valence-electron chi connectivity index (χ2n) is 5.82. The van der Waals surface area contributed by atoms with E-state index in [4.69, 9.17) is 9.47 Å². The van der Waals surface area contributed by atoms with Crippen molar-refractivity contribution in [3.8, 4) is 5.75 Å². The van der Waals surface area contributed by atoms with Crippen LogP contribution >= 0.6 is 0 Å². The molecule has 0 saturated carbocycles. The van der Waals surface area contributed by atoms with Crippen molar-refractivity contribution in [3.05, 3.63) is 60.2 Å². The number of carbonyl (C=O) groups is 1. The molecule has 24 heavy (non-hydrogen) atoms. The number of rotatable bonds is 5. The van der Waals surface area contributed by atoms with E-state index in [0.717, 1.165) is 17.0 Å². The first kappa shape index (κ1) is 16.3. The van der Waals surface area contributed by atoms with Crippen LogP contribution in [-0.4, -0.2) is 44.2 Å². The second kappa shape index (κ2) is 7.36. The molecule has 0 aliphatic carbocycles. The van der Waals surface area contributed by atoms with E-state index in [1.807, 2.05) is 61.6 Å². The smallest absolute Gasteiger partial charge is 0.254 e. The van der Waals surface area contributed by atoms with Gasteiger partial charge in [-0.1, -0.05) is 30.3 Å². The number of carbonyl (C=O) groups excluding carboxylic acids is 1. The molecule has 0 spiro atoms. The number of morpholine rings is 1. The van der Waals surface area contributed by atoms with Gasteiger partial charge < -0.3 is 19.7 Å². The molecule has 1 fully saturated rings. The molecule has 2 aromatic rings. The van der Waals surface area contributed by atoms with E-state index < -0.39 is 6.10 Å². The van der Waals surface area contributed by atoms with Gasteiger partial charge in [0.05, 0.1) is 19.8 Å². The van der Waals surface area contributed by atoms with Crippen molar-refractivity contribution in [3.63, 3.8) is 0 Å². The Morgan fingerprint density at radius 3 is 2.75 bits per heavy atom. The number of ether oxygens (including phenoxy) is 2. The number of anilines is 1. The van der Waals surface area contributed by atoms with Gasteiger partial charge in [0.25, 0.3) is 5.91 Å². The summed E-state index contributed by atoms with van der Waals surface area (Å²) in [6.07, 6.45) is -0.573. The molecule has 1 heterocycles. The third-order valence-corrected chi connectivity index (χ3v) is 4.20. The lowest BCUT2D eigenvalue weighted by atomic mass is 9.98. The minimum absolute atomic E-state index is 0.0162. The van der Waals surface area contributed by atoms with Crippen LogP contribution in [0, 0.1) is 0 Å². The van der Waals surface area contributed by atoms with Crippen LogP contribution in [0.5, 0.6) is 5.75 Å². The summed E-state index contributed by atoms with van der Waals surface area (Å²) in [4.78, 5) is 14.3. The molecular formula is C19H22N2O3. The van der Waals surface area contributed by atoms with E-state index in [1.165, 1.54) is 0 Å². The van der Waals surface area contributed by atoms with E-state index >= 15 is 0 Å². The zero-order valence-electron chi connectivity index (χ0n) is 13.9. The number of nitrogens with one attached hydrogen (secondary N) is 1. The van der Waals surface area contributed by atoms with E-state index in [1.54, 1.807) is 12.0 Å². The number of amides is 1. The normalized spacial score (nSPS) is 19.0. The number of likely N-dealkylation sites (N-methyl/N-ethyl adjacent to an activating group) is 1. The van der Waals surface area contributed by atoms with Gasteiger partial charge in [-0.2, -0.15) is 0 Å². The van der Waals surface area contributed by atoms with Crippen LogP contribution in [-0.2, 0) is 9.53 Å². The van der Waals surface area contributed by atoms with Gasteiger partial charge in [0.1, 0.15) is 5.75 Å². The van der Waals surface area contributed by atoms with Crippen LogP contribution < -0.4 is 10.1 Å². The molecule has 1 aliphatic heterocycles. The molecule has 0 aromatic heterocycles. The van der Waals surface area contributed by atoms with Gasteiger partial charge in [-0.15, -0.1) is 0 Å². The Balaban J connectivity index is 1.95. The van der Waals surface area contributed by atoms with Gasteiger partial charge in [0, 0.05) is 19.3 Å². The largest absolute Gasteiger partial charge is 0.497 e. The fourth-order valence-corrected chi connectivity index (χ4v) is 2.84. The Morgan fingerprint density at radius 1 is 1.21 bits per heavy atom. The molecule has 2 atom stereocenters. The van der Waals surface area contributed by atoms with Crippen LogP contribution in [0.15, 0.2) is 54.6 Å². The summed E-state index contributed by atoms with van der Waals surface area (Å²) in [5.41, 5.74) is 1.89. The molecule has 5 nitrogen and oxygen atoms in total. The minimum atomic E-state index is -0.573. The Hall–Kier alpha value is -2.53. The second-order valence-corrected chi connectivity index (χ2v) is 5.82. The number of para-hydroxylation sites is 1. The van der Waals surface area contributed by atoms with Crippen molar-refractivity contribution in [1.29, 1.82) is 0 Å². The highest BCUT2D eigenvalue weighted by molar-refractivity contribution is 5.83. The molecular weight excluding hydrogens is 304 g/mol. The number of hydrogen-bond acceptors (Lipinski definition) is 4. The topological polar surface area (TPSA) is 50.8 Å². The third kappa shape index (κ3) is 3.51. The average Bonchev–Trinajstić information content (AvgIpc) is 2.63. The number of methoxy groups -OCH3 is 1. The highest BCUT2D eigenvalue weighted by Crippen LogP contribution is 2.29. The van der Waals surface area contributed by atoms with Crippen molar-refractivity contribution < 1.29 is 14.3 Å². The lowest BCUT2D eigenvalue weighted by Gasteiger charge is -2.35. The summed E-state index contributed by atoms with van der Waals surface area (Å²) in [6.45, 7) is 1.15. The quantitative estimate of drug-likeness (QED) is 0.918. The lowest BCUT2D eigenvalue weighted by Crippen LogP contribution is -2.49. The van der Waals surface area contributed by atoms with Gasteiger partial charge >= 0.3 is 0 Å². The molecule has 0 radical (unpaired) electrons. The maximum atomic E-state index is 12.6. The van der Waals surface area contributed by atoms with E-state index in [0.29, 0.717) is 13.2 Å². The Morgan fingerprint density at radius 2 is 2.00 bits per heavy atom. The molecule has 1 N–H and O–H groups in total. The first-order valence-electron chi connectivity index (χ1n) is 8.01. The SMILES string of the molecule is COc1cccc([C@@H](Nc2ccccc2)[C@H]2OCCN(C)C2=O)c1. The standard InChI is InChI=1S/C19H22N2O3/c1-21-11-12-24-18(19(21)22)17(20-15-8-4-3-5-9-15)14-7-6-10-16(13-14)23-2/h3-10,13,17-18,20H,11-12H2,1-2H3/t17-,18-/m1/s1. The predicted molar refractivity (Wildman–Crippen MR) is 93.2 cm³/mol. The van der Waals surface area contributed by atoms with Gasteiger partial charge in [-0.25, -0.2) is 0 Å². The molecule has 1 saturated heterocycles. The molecule has 126 valence electrons. The highest BCUT2D eigenvalue weighted by atomic mass is 16.5. The van der Waals surface area contributed by atoms with Crippen molar-refractivity contribution in [2.24, 2.45) is 0 Å². The summed E-state index contributed by atoms with van der Waals surface area (Å²) < 4.78 is 11.2. The molecule has 5 heteroatoms. The summed E-state index contributed by atoms with van der Waals surface area (Å²) in [7, 11) is 3.44. The van der Waals surface area contributed by atoms with Crippen LogP contribution in [0.4, 0.5) is 5.69 Å². The minimum Gasteiger partial charge on any atom is -0.497 e. The average molecular weight is 326 g/mol. The molecule has 2 aromatic carbocycles. The van der Waals surface area contributed by atoms with Crippen LogP contribution in [0.1, 0.15) is 11.6 Å². The fourth-order valence-electron chi connectivity index (χ4n) is 2.84. The summed E-state index contributed by atoms with van der Waals surface area (Å²) in [5.74, 6) is 0.737. The predicted octanol–water partition coefficient (Wildman–Crippen LogP) is 2.71. The molecule has 3 rings (SSSR count). The van der Waals surface area contributed by atoms with Crippen molar-refractivity contribution >= 4 is 11.6 Å². The van der Waals surface area contributed by atoms with E-state index in [-0.39, 0.29) is 11.9 Å². The first-order valence-corrected chi connectivity index (χ1v) is 8.01. The van der Waals surface area contributed by atoms with Gasteiger partial charge in [0.2, 0.25) is 0 Å². The number of hydrogen-bond donors (Lipinski definition) is 1. The molecule has 0 bridgehead atoms. The zero-order valence-corrected chi connectivity index (χ0v) is 13.9. The summed E-state index contributed by atoms with van der Waals surface area (Å²) >= 11 is 0. The Bertz CT molecular complexity index is 690. The number of benzene rings is 2. The monoisotopic (exact) mass is 326 g/mol. The molecule has 0 unspecified atom stereocenters. The van der Waals surface area contributed by atoms with Crippen LogP contribution in [0.2, 0.25) is 0 Å². The molecule has 1 amide bonds. The van der Waals surface area contributed by atoms with Crippen LogP contribution in [0.25, 0.3) is 0 Å². The summed E-state index contributed by atoms with van der Waals surface area (Å²) in [5, 5.41) is 3.44. The zero-order chi connectivity index (χ0) is 16.9. The van der Waals surface area contributed by atoms with Gasteiger partial charge in [-0.3, -0.25) is 4.79 Å². The lowest BCUT2D eigenvalue weighted by molar-refractivity contribution is -0.152. The first-order chi connectivity index (χ1) is 11.7. The van der Waals surface area contributed by atoms with Crippen LogP contribution in [0.3, 0.4) is 0 Å². The fraction of sp³-hybridized carbons (Fsp3) is 0.316. The van der Waals surface area contributed by atoms with Crippen molar-refractivity contribution in [2.45, 2.75) is 12.1 Å². The van der Waals surface area contributed by atoms with Crippen molar-refractivity contribution in [2.75, 3.05) is 32.6 Å². The van der Waals surface area contributed by atoms with E-state index in [2.05, 4.69) is 5.32 Å². The van der Waals surface area contributed by atoms with E-state index in [9.17, 15) is 4.79 Å². The number of nitrogens with zero attached hydrogens (tertiary/aromatic N) is 1. The maximum Gasteiger partial charge on any atom is 0.254 e. The maximum absolute atomic E-state index is 12.6. The highest BCUT2D eigenvalue weighted by Gasteiger charge is 2.35. The Labute approximate surface area is 142 Å². The van der Waals surface area contributed by atoms with Crippen molar-refractivity contribution in [1.82, 2.24) is 4.90 Å². The third-order valence-electron chi connectivity index (χ3n) is 4.20. The summed E-state index contributed by atoms with van der Waals surface area (Å²) in [6, 6.07) is 17.3. The van der Waals surface area contributed by atoms with Gasteiger partial charge in [0.15, 0.2) is 6.10 Å². The van der Waals surface area contributed by atoms with Gasteiger partial charge in [-0.05, 0) is 29.8 Å². The molecule has 1 aliphatic rings.